The molecule has 2 fully saturated rings. The molecule has 2 N–H and O–H groups in total. The maximum Gasteiger partial charge on any atom is 0.307 e. The summed E-state index contributed by atoms with van der Waals surface area (Å²) in [5, 5.41) is 12.0. The number of Topliss-reactive ketones (excluding diaryl/α,β-unsaturated/α-hetero) is 3. The molecule has 2 saturated heterocycles. The number of carboxylic acid groups (broad SMARTS) is 1. The van der Waals surface area contributed by atoms with E-state index >= 15 is 0 Å². The molecule has 0 aromatic heterocycles. The Bertz CT molecular complexity index is 1810. The number of aliphatic carboxylic acids is 1. The van der Waals surface area contributed by atoms with Crippen molar-refractivity contribution in [2.24, 2.45) is 23.7 Å². The first-order valence-electron chi connectivity index (χ1n) is 22.6. The number of carbonyl (C=O) groups is 7. The van der Waals surface area contributed by atoms with Crippen LogP contribution in [0.25, 0.3) is 0 Å². The van der Waals surface area contributed by atoms with Gasteiger partial charge in [0.1, 0.15) is 11.4 Å². The summed E-state index contributed by atoms with van der Waals surface area (Å²) in [6.07, 6.45) is 1.67. The number of carboxylic acids is 1. The number of morpholine rings is 1. The van der Waals surface area contributed by atoms with Gasteiger partial charge in [-0.15, -0.1) is 0 Å². The Morgan fingerprint density at radius 3 is 1.98 bits per heavy atom. The van der Waals surface area contributed by atoms with E-state index in [-0.39, 0.29) is 93.7 Å². The maximum absolute atomic E-state index is 14.8. The number of nitrogens with zero attached hydrogens (tertiary/aromatic N) is 2. The van der Waals surface area contributed by atoms with Crippen LogP contribution < -0.4 is 5.32 Å². The summed E-state index contributed by atoms with van der Waals surface area (Å²) < 4.78 is 16.6. The molecule has 346 valence electrons. The molecule has 2 aliphatic rings. The molecule has 2 amide bonds. The maximum atomic E-state index is 14.8. The monoisotopic (exact) mass is 875 g/mol. The second-order valence-corrected chi connectivity index (χ2v) is 18.2. The van der Waals surface area contributed by atoms with Gasteiger partial charge in [-0.3, -0.25) is 43.4 Å². The summed E-state index contributed by atoms with van der Waals surface area (Å²) in [5.74, 6) is -4.77. The molecule has 0 bridgehead atoms. The second-order valence-electron chi connectivity index (χ2n) is 18.2. The van der Waals surface area contributed by atoms with Gasteiger partial charge in [-0.05, 0) is 74.8 Å². The van der Waals surface area contributed by atoms with E-state index in [1.165, 1.54) is 4.90 Å². The number of nitrogens with one attached hydrogen (secondary N) is 1. The number of rotatable bonds is 29. The van der Waals surface area contributed by atoms with Crippen LogP contribution >= 0.6 is 0 Å². The fourth-order valence-corrected chi connectivity index (χ4v) is 8.03. The van der Waals surface area contributed by atoms with Gasteiger partial charge in [0.25, 0.3) is 0 Å². The number of unbranched alkanes of at least 4 members (excludes halogenated alkanes) is 1. The second kappa shape index (κ2) is 25.5. The Morgan fingerprint density at radius 2 is 1.40 bits per heavy atom. The van der Waals surface area contributed by atoms with Crippen molar-refractivity contribution in [1.82, 2.24) is 15.1 Å². The predicted molar refractivity (Wildman–Crippen MR) is 236 cm³/mol. The highest BCUT2D eigenvalue weighted by molar-refractivity contribution is 5.98. The van der Waals surface area contributed by atoms with Crippen molar-refractivity contribution in [3.05, 3.63) is 71.8 Å². The molecule has 2 aliphatic heterocycles. The van der Waals surface area contributed by atoms with Gasteiger partial charge in [0.05, 0.1) is 38.4 Å². The van der Waals surface area contributed by atoms with Crippen LogP contribution in [-0.2, 0) is 60.6 Å². The van der Waals surface area contributed by atoms with Crippen LogP contribution in [0.2, 0.25) is 0 Å². The smallest absolute Gasteiger partial charge is 0.307 e. The molecule has 63 heavy (non-hydrogen) atoms. The van der Waals surface area contributed by atoms with E-state index in [1.54, 1.807) is 6.92 Å². The first-order valence-corrected chi connectivity index (χ1v) is 22.6. The molecule has 5 atom stereocenters. The standard InChI is InChI=1S/C49H69N3O11/c1-34(2)26-38(42(53)30-39(28-37-16-10-7-11-17-37)48(60)50-40(27-35(3)4)47(59)49(5)32-63-49)29-43(54)41(21-20-36-14-8-6-9-15-36)52(44(55)31-51-22-24-61-25-23-51)33-62-46(58)19-13-12-18-45(56)57/h6-11,14-17,34-35,38-41H,12-13,18-33H2,1-5H3,(H,50,60)(H,56,57)/t38-,39-,40+,41+,49-/m1/s1. The number of ether oxygens (including phenoxy) is 3. The summed E-state index contributed by atoms with van der Waals surface area (Å²) in [7, 11) is 0. The van der Waals surface area contributed by atoms with Crippen molar-refractivity contribution < 1.29 is 52.9 Å². The highest BCUT2D eigenvalue weighted by Crippen LogP contribution is 2.31. The fraction of sp³-hybridized carbons (Fsp3) is 0.612. The Labute approximate surface area is 372 Å². The third-order valence-corrected chi connectivity index (χ3v) is 11.7. The average Bonchev–Trinajstić information content (AvgIpc) is 4.01. The van der Waals surface area contributed by atoms with Gasteiger partial charge in [-0.2, -0.15) is 0 Å². The van der Waals surface area contributed by atoms with Gasteiger partial charge in [-0.25, -0.2) is 0 Å². The minimum absolute atomic E-state index is 0.00406. The number of epoxide rings is 1. The third-order valence-electron chi connectivity index (χ3n) is 11.7. The van der Waals surface area contributed by atoms with Gasteiger partial charge < -0.3 is 24.6 Å². The molecule has 2 aromatic rings. The summed E-state index contributed by atoms with van der Waals surface area (Å²) in [5.41, 5.74) is 0.833. The van der Waals surface area contributed by atoms with Crippen LogP contribution in [0.3, 0.4) is 0 Å². The van der Waals surface area contributed by atoms with E-state index in [2.05, 4.69) is 5.32 Å². The number of carbonyl (C=O) groups excluding carboxylic acids is 6. The van der Waals surface area contributed by atoms with E-state index in [4.69, 9.17) is 19.3 Å². The van der Waals surface area contributed by atoms with Crippen molar-refractivity contribution in [2.45, 2.75) is 123 Å². The number of aryl methyl sites for hydroxylation is 1. The number of hydrogen-bond acceptors (Lipinski definition) is 11. The van der Waals surface area contributed by atoms with Gasteiger partial charge in [0, 0.05) is 50.6 Å². The van der Waals surface area contributed by atoms with E-state index < -0.39 is 60.0 Å². The molecule has 0 radical (unpaired) electrons. The molecule has 4 rings (SSSR count). The van der Waals surface area contributed by atoms with Crippen molar-refractivity contribution >= 4 is 41.1 Å². The molecule has 0 aliphatic carbocycles. The highest BCUT2D eigenvalue weighted by atomic mass is 16.6. The van der Waals surface area contributed by atoms with Crippen molar-refractivity contribution in [1.29, 1.82) is 0 Å². The Balaban J connectivity index is 1.62. The summed E-state index contributed by atoms with van der Waals surface area (Å²) >= 11 is 0. The summed E-state index contributed by atoms with van der Waals surface area (Å²) in [6, 6.07) is 17.0. The minimum Gasteiger partial charge on any atom is -0.481 e. The zero-order chi connectivity index (χ0) is 45.9. The molecule has 0 saturated carbocycles. The van der Waals surface area contributed by atoms with Gasteiger partial charge >= 0.3 is 11.9 Å². The number of amides is 2. The molecular weight excluding hydrogens is 807 g/mol. The van der Waals surface area contributed by atoms with E-state index in [0.29, 0.717) is 45.6 Å². The lowest BCUT2D eigenvalue weighted by Crippen LogP contribution is -2.52. The van der Waals surface area contributed by atoms with Crippen LogP contribution in [0.4, 0.5) is 0 Å². The van der Waals surface area contributed by atoms with Gasteiger partial charge in [0.15, 0.2) is 18.3 Å². The Kier molecular flexibility index (Phi) is 20.6. The number of esters is 1. The lowest BCUT2D eigenvalue weighted by Gasteiger charge is -2.34. The highest BCUT2D eigenvalue weighted by Gasteiger charge is 2.50. The molecule has 0 spiro atoms. The molecular formula is C49H69N3O11. The topological polar surface area (TPSA) is 189 Å². The largest absolute Gasteiger partial charge is 0.481 e. The fourth-order valence-electron chi connectivity index (χ4n) is 8.03. The number of benzene rings is 2. The summed E-state index contributed by atoms with van der Waals surface area (Å²) in [6.45, 7) is 11.2. The normalized spacial score (nSPS) is 18.2. The average molecular weight is 876 g/mol. The third kappa shape index (κ3) is 17.7. The van der Waals surface area contributed by atoms with Gasteiger partial charge in [-0.1, -0.05) is 88.4 Å². The molecule has 14 nitrogen and oxygen atoms in total. The van der Waals surface area contributed by atoms with Crippen LogP contribution in [0.15, 0.2) is 60.7 Å². The van der Waals surface area contributed by atoms with Crippen LogP contribution in [0.5, 0.6) is 0 Å². The molecule has 0 unspecified atom stereocenters. The van der Waals surface area contributed by atoms with Crippen molar-refractivity contribution in [3.8, 4) is 0 Å². The molecule has 2 heterocycles. The lowest BCUT2D eigenvalue weighted by atomic mass is 9.81. The van der Waals surface area contributed by atoms with E-state index in [9.17, 15) is 33.6 Å². The zero-order valence-electron chi connectivity index (χ0n) is 37.9. The minimum atomic E-state index is -1.06. The SMILES string of the molecule is CC(C)C[C@H](CC(=O)[C@H](CCc1ccccc1)N(COC(=O)CCCCC(=O)O)C(=O)CN1CCOCC1)C(=O)C[C@@H](Cc1ccccc1)C(=O)N[C@@H](CC(C)C)C(=O)[C@@]1(C)CO1. The lowest BCUT2D eigenvalue weighted by molar-refractivity contribution is -0.159. The molecule has 2 aromatic carbocycles. The Morgan fingerprint density at radius 1 is 0.810 bits per heavy atom. The zero-order valence-corrected chi connectivity index (χ0v) is 37.9. The predicted octanol–water partition coefficient (Wildman–Crippen LogP) is 5.62. The van der Waals surface area contributed by atoms with Gasteiger partial charge in [0.2, 0.25) is 11.8 Å². The molecule has 14 heteroatoms. The van der Waals surface area contributed by atoms with Crippen molar-refractivity contribution in [3.63, 3.8) is 0 Å². The first-order chi connectivity index (χ1) is 30.0. The van der Waals surface area contributed by atoms with Crippen LogP contribution in [0, 0.1) is 23.7 Å². The first kappa shape index (κ1) is 50.9. The Hall–Kier alpha value is -4.79. The number of ketones is 3. The van der Waals surface area contributed by atoms with Crippen LogP contribution in [0.1, 0.15) is 104 Å². The quantitative estimate of drug-likeness (QED) is 0.0445. The summed E-state index contributed by atoms with van der Waals surface area (Å²) in [4.78, 5) is 98.7. The van der Waals surface area contributed by atoms with E-state index in [1.807, 2.05) is 93.3 Å². The number of hydrogen-bond donors (Lipinski definition) is 2. The van der Waals surface area contributed by atoms with Crippen LogP contribution in [-0.4, -0.2) is 120 Å². The van der Waals surface area contributed by atoms with Crippen molar-refractivity contribution in [2.75, 3.05) is 46.2 Å². The van der Waals surface area contributed by atoms with E-state index in [0.717, 1.165) is 11.1 Å².